The summed E-state index contributed by atoms with van der Waals surface area (Å²) in [6.45, 7) is 2.69. The Hall–Kier alpha value is -1.15. The van der Waals surface area contributed by atoms with Crippen LogP contribution in [-0.4, -0.2) is 56.6 Å². The molecule has 1 N–H and O–H groups in total. The van der Waals surface area contributed by atoms with Gasteiger partial charge in [-0.1, -0.05) is 19.3 Å². The van der Waals surface area contributed by atoms with E-state index in [0.717, 1.165) is 12.8 Å². The molecule has 0 aromatic rings. The molecule has 0 aromatic carbocycles. The maximum Gasteiger partial charge on any atom is 0.309 e. The van der Waals surface area contributed by atoms with Crippen molar-refractivity contribution in [2.45, 2.75) is 51.9 Å². The lowest BCUT2D eigenvalue weighted by atomic mass is 9.89. The largest absolute Gasteiger partial charge is 0.455 e. The molecule has 2 fully saturated rings. The van der Waals surface area contributed by atoms with Gasteiger partial charge in [-0.2, -0.15) is 0 Å². The molecule has 1 aliphatic heterocycles. The van der Waals surface area contributed by atoms with Crippen molar-refractivity contribution in [2.24, 2.45) is 11.8 Å². The van der Waals surface area contributed by atoms with Crippen molar-refractivity contribution in [2.75, 3.05) is 32.0 Å². The summed E-state index contributed by atoms with van der Waals surface area (Å²) in [6.07, 6.45) is 6.92. The van der Waals surface area contributed by atoms with Crippen molar-refractivity contribution in [1.82, 2.24) is 9.62 Å². The molecule has 1 saturated heterocycles. The number of nitrogens with zero attached hydrogens (tertiary/aromatic N) is 1. The lowest BCUT2D eigenvalue weighted by Crippen LogP contribution is -2.41. The second-order valence-corrected chi connectivity index (χ2v) is 9.25. The highest BCUT2D eigenvalue weighted by atomic mass is 32.2. The van der Waals surface area contributed by atoms with Crippen molar-refractivity contribution >= 4 is 21.9 Å². The van der Waals surface area contributed by atoms with Crippen molar-refractivity contribution in [3.8, 4) is 0 Å². The minimum Gasteiger partial charge on any atom is -0.455 e. The van der Waals surface area contributed by atoms with Gasteiger partial charge < -0.3 is 10.1 Å². The molecule has 0 radical (unpaired) electrons. The van der Waals surface area contributed by atoms with E-state index in [0.29, 0.717) is 38.4 Å². The van der Waals surface area contributed by atoms with Gasteiger partial charge in [-0.15, -0.1) is 0 Å². The van der Waals surface area contributed by atoms with Crippen LogP contribution in [0, 0.1) is 11.8 Å². The molecule has 2 aliphatic rings. The molecule has 0 bridgehead atoms. The van der Waals surface area contributed by atoms with E-state index in [1.165, 1.54) is 23.6 Å². The first-order chi connectivity index (χ1) is 11.9. The molecular formula is C17H30N2O5S. The molecular weight excluding hydrogens is 344 g/mol. The Bertz CT molecular complexity index is 549. The number of ether oxygens (including phenoxy) is 1. The average Bonchev–Trinajstić information content (AvgIpc) is 2.65. The summed E-state index contributed by atoms with van der Waals surface area (Å²) in [5.74, 6) is -0.373. The van der Waals surface area contributed by atoms with E-state index in [4.69, 9.17) is 4.74 Å². The van der Waals surface area contributed by atoms with Crippen LogP contribution in [0.3, 0.4) is 0 Å². The quantitative estimate of drug-likeness (QED) is 0.678. The predicted octanol–water partition coefficient (Wildman–Crippen LogP) is 1.29. The fraction of sp³-hybridized carbons (Fsp3) is 0.882. The third-order valence-corrected chi connectivity index (χ3v) is 7.09. The first kappa shape index (κ1) is 20.2. The fourth-order valence-electron chi connectivity index (χ4n) is 3.51. The molecule has 8 heteroatoms. The molecule has 0 unspecified atom stereocenters. The van der Waals surface area contributed by atoms with Gasteiger partial charge in [0.2, 0.25) is 10.0 Å². The Kier molecular flexibility index (Phi) is 7.68. The second kappa shape index (κ2) is 9.52. The molecule has 1 amide bonds. The first-order valence-corrected chi connectivity index (χ1v) is 10.9. The average molecular weight is 375 g/mol. The third kappa shape index (κ3) is 6.26. The van der Waals surface area contributed by atoms with Gasteiger partial charge in [-0.25, -0.2) is 12.7 Å². The van der Waals surface area contributed by atoms with E-state index in [1.807, 2.05) is 0 Å². The highest BCUT2D eigenvalue weighted by Gasteiger charge is 2.31. The lowest BCUT2D eigenvalue weighted by Gasteiger charge is -2.29. The van der Waals surface area contributed by atoms with Crippen LogP contribution in [0.4, 0.5) is 0 Å². The summed E-state index contributed by atoms with van der Waals surface area (Å²) >= 11 is 0. The van der Waals surface area contributed by atoms with Gasteiger partial charge in [-0.05, 0) is 38.5 Å². The Labute approximate surface area is 150 Å². The molecule has 1 aliphatic carbocycles. The smallest absolute Gasteiger partial charge is 0.309 e. The maximum atomic E-state index is 12.1. The molecule has 1 heterocycles. The topological polar surface area (TPSA) is 92.8 Å². The van der Waals surface area contributed by atoms with Gasteiger partial charge in [0.05, 0.1) is 11.7 Å². The standard InChI is InChI=1S/C17H30N2O5S/c1-2-25(22,23)19-10-8-15(9-11-19)17(21)24-13-16(20)18-12-14-6-4-3-5-7-14/h14-15H,2-13H2,1H3,(H,18,20). The van der Waals surface area contributed by atoms with E-state index in [2.05, 4.69) is 5.32 Å². The van der Waals surface area contributed by atoms with Crippen molar-refractivity contribution in [1.29, 1.82) is 0 Å². The summed E-state index contributed by atoms with van der Waals surface area (Å²) in [5, 5.41) is 2.84. The molecule has 0 aromatic heterocycles. The lowest BCUT2D eigenvalue weighted by molar-refractivity contribution is -0.153. The summed E-state index contributed by atoms with van der Waals surface area (Å²) in [4.78, 5) is 23.9. The molecule has 25 heavy (non-hydrogen) atoms. The molecule has 144 valence electrons. The highest BCUT2D eigenvalue weighted by molar-refractivity contribution is 7.89. The van der Waals surface area contributed by atoms with Gasteiger partial charge >= 0.3 is 5.97 Å². The Balaban J connectivity index is 1.64. The van der Waals surface area contributed by atoms with Crippen LogP contribution in [0.25, 0.3) is 0 Å². The van der Waals surface area contributed by atoms with Gasteiger partial charge in [0.25, 0.3) is 5.91 Å². The summed E-state index contributed by atoms with van der Waals surface area (Å²) in [6, 6.07) is 0. The van der Waals surface area contributed by atoms with Gasteiger partial charge in [0, 0.05) is 19.6 Å². The number of rotatable bonds is 7. The first-order valence-electron chi connectivity index (χ1n) is 9.33. The van der Waals surface area contributed by atoms with Crippen LogP contribution in [-0.2, 0) is 24.3 Å². The molecule has 1 saturated carbocycles. The Morgan fingerprint density at radius 2 is 1.72 bits per heavy atom. The minimum atomic E-state index is -3.20. The van der Waals surface area contributed by atoms with Gasteiger partial charge in [0.1, 0.15) is 0 Å². The highest BCUT2D eigenvalue weighted by Crippen LogP contribution is 2.23. The number of hydrogen-bond donors (Lipinski definition) is 1. The monoisotopic (exact) mass is 374 g/mol. The van der Waals surface area contributed by atoms with Crippen LogP contribution in [0.15, 0.2) is 0 Å². The number of carbonyl (C=O) groups excluding carboxylic acids is 2. The van der Waals surface area contributed by atoms with Crippen LogP contribution in [0.5, 0.6) is 0 Å². The predicted molar refractivity (Wildman–Crippen MR) is 94.3 cm³/mol. The number of amides is 1. The van der Waals surface area contributed by atoms with E-state index >= 15 is 0 Å². The number of piperidine rings is 1. The molecule has 0 atom stereocenters. The Morgan fingerprint density at radius 1 is 1.08 bits per heavy atom. The molecule has 7 nitrogen and oxygen atoms in total. The number of hydrogen-bond acceptors (Lipinski definition) is 5. The number of esters is 1. The number of nitrogens with one attached hydrogen (secondary N) is 1. The SMILES string of the molecule is CCS(=O)(=O)N1CCC(C(=O)OCC(=O)NCC2CCCCC2)CC1. The van der Waals surface area contributed by atoms with E-state index < -0.39 is 16.0 Å². The van der Waals surface area contributed by atoms with Crippen LogP contribution in [0.1, 0.15) is 51.9 Å². The Morgan fingerprint density at radius 3 is 2.32 bits per heavy atom. The summed E-state index contributed by atoms with van der Waals surface area (Å²) in [7, 11) is -3.20. The molecule has 2 rings (SSSR count). The van der Waals surface area contributed by atoms with Crippen LogP contribution in [0.2, 0.25) is 0 Å². The number of carbonyl (C=O) groups is 2. The zero-order valence-electron chi connectivity index (χ0n) is 15.0. The number of sulfonamides is 1. The van der Waals surface area contributed by atoms with E-state index in [9.17, 15) is 18.0 Å². The van der Waals surface area contributed by atoms with E-state index in [-0.39, 0.29) is 24.2 Å². The normalized spacial score (nSPS) is 21.0. The fourth-order valence-corrected chi connectivity index (χ4v) is 4.64. The zero-order valence-corrected chi connectivity index (χ0v) is 15.9. The summed E-state index contributed by atoms with van der Waals surface area (Å²) < 4.78 is 30.1. The third-order valence-electron chi connectivity index (χ3n) is 5.20. The maximum absolute atomic E-state index is 12.1. The van der Waals surface area contributed by atoms with Crippen LogP contribution < -0.4 is 5.32 Å². The summed E-state index contributed by atoms with van der Waals surface area (Å²) in [5.41, 5.74) is 0. The van der Waals surface area contributed by atoms with Gasteiger partial charge in [-0.3, -0.25) is 9.59 Å². The minimum absolute atomic E-state index is 0.0727. The van der Waals surface area contributed by atoms with Gasteiger partial charge in [0.15, 0.2) is 6.61 Å². The van der Waals surface area contributed by atoms with E-state index in [1.54, 1.807) is 6.92 Å². The second-order valence-electron chi connectivity index (χ2n) is 6.99. The zero-order chi connectivity index (χ0) is 18.3. The molecule has 0 spiro atoms. The van der Waals surface area contributed by atoms with Crippen molar-refractivity contribution < 1.29 is 22.7 Å². The van der Waals surface area contributed by atoms with Crippen molar-refractivity contribution in [3.63, 3.8) is 0 Å². The van der Waals surface area contributed by atoms with Crippen LogP contribution >= 0.6 is 0 Å². The van der Waals surface area contributed by atoms with Crippen molar-refractivity contribution in [3.05, 3.63) is 0 Å².